The maximum Gasteiger partial charge on any atom is 0.146 e. The van der Waals surface area contributed by atoms with E-state index in [0.717, 1.165) is 56.2 Å². The molecule has 0 amide bonds. The fourth-order valence-corrected chi connectivity index (χ4v) is 2.63. The predicted octanol–water partition coefficient (Wildman–Crippen LogP) is 3.95. The van der Waals surface area contributed by atoms with Crippen molar-refractivity contribution in [3.8, 4) is 0 Å². The Labute approximate surface area is 122 Å². The Morgan fingerprint density at radius 1 is 1.25 bits per heavy atom. The van der Waals surface area contributed by atoms with Gasteiger partial charge in [0.25, 0.3) is 0 Å². The van der Waals surface area contributed by atoms with Gasteiger partial charge in [0.1, 0.15) is 5.82 Å². The third kappa shape index (κ3) is 4.20. The summed E-state index contributed by atoms with van der Waals surface area (Å²) in [6.45, 7) is 8.00. The Morgan fingerprint density at radius 3 is 2.70 bits per heavy atom. The van der Waals surface area contributed by atoms with Crippen LogP contribution in [0, 0.1) is 11.7 Å². The van der Waals surface area contributed by atoms with Crippen molar-refractivity contribution >= 4 is 5.69 Å². The maximum absolute atomic E-state index is 14.3. The van der Waals surface area contributed by atoms with Crippen LogP contribution in [0.4, 0.5) is 10.1 Å². The van der Waals surface area contributed by atoms with Crippen LogP contribution >= 0.6 is 0 Å². The van der Waals surface area contributed by atoms with E-state index in [9.17, 15) is 4.39 Å². The molecule has 0 aromatic heterocycles. The molecular formula is C17H27FN2. The van der Waals surface area contributed by atoms with Crippen molar-refractivity contribution in [1.82, 2.24) is 5.32 Å². The molecule has 1 aromatic carbocycles. The standard InChI is InChI=1S/C17H27FN2/c1-3-10-19-12-15-6-5-7-16(18)17(15)20(11-4-2)13-14-8-9-14/h5-7,14,19H,3-4,8-13H2,1-2H3. The lowest BCUT2D eigenvalue weighted by atomic mass is 10.1. The van der Waals surface area contributed by atoms with Gasteiger partial charge in [0.15, 0.2) is 0 Å². The van der Waals surface area contributed by atoms with E-state index in [1.807, 2.05) is 6.07 Å². The maximum atomic E-state index is 14.3. The first-order valence-corrected chi connectivity index (χ1v) is 7.99. The number of halogens is 1. The topological polar surface area (TPSA) is 15.3 Å². The molecule has 2 rings (SSSR count). The number of nitrogens with one attached hydrogen (secondary N) is 1. The number of hydrogen-bond donors (Lipinski definition) is 1. The van der Waals surface area contributed by atoms with Gasteiger partial charge in [-0.1, -0.05) is 26.0 Å². The first-order valence-electron chi connectivity index (χ1n) is 7.99. The molecule has 2 nitrogen and oxygen atoms in total. The summed E-state index contributed by atoms with van der Waals surface area (Å²) in [4.78, 5) is 2.26. The van der Waals surface area contributed by atoms with Crippen LogP contribution in [0.2, 0.25) is 0 Å². The second-order valence-corrected chi connectivity index (χ2v) is 5.81. The summed E-state index contributed by atoms with van der Waals surface area (Å²) in [6, 6.07) is 5.47. The van der Waals surface area contributed by atoms with Crippen LogP contribution in [0.5, 0.6) is 0 Å². The Bertz CT molecular complexity index is 415. The molecule has 1 aliphatic rings. The van der Waals surface area contributed by atoms with Gasteiger partial charge >= 0.3 is 0 Å². The van der Waals surface area contributed by atoms with Crippen LogP contribution in [0.25, 0.3) is 0 Å². The third-order valence-electron chi connectivity index (χ3n) is 3.80. The molecule has 0 spiro atoms. The number of benzene rings is 1. The lowest BCUT2D eigenvalue weighted by Gasteiger charge is -2.27. The third-order valence-corrected chi connectivity index (χ3v) is 3.80. The molecule has 0 heterocycles. The van der Waals surface area contributed by atoms with E-state index < -0.39 is 0 Å². The van der Waals surface area contributed by atoms with E-state index in [-0.39, 0.29) is 5.82 Å². The van der Waals surface area contributed by atoms with Gasteiger partial charge in [-0.25, -0.2) is 4.39 Å². The van der Waals surface area contributed by atoms with E-state index in [1.54, 1.807) is 6.07 Å². The van der Waals surface area contributed by atoms with Crippen LogP contribution < -0.4 is 10.2 Å². The van der Waals surface area contributed by atoms with Crippen LogP contribution in [0.15, 0.2) is 18.2 Å². The molecule has 1 fully saturated rings. The van der Waals surface area contributed by atoms with E-state index in [0.29, 0.717) is 0 Å². The Hall–Kier alpha value is -1.09. The molecule has 1 N–H and O–H groups in total. The first-order chi connectivity index (χ1) is 9.76. The quantitative estimate of drug-likeness (QED) is 0.688. The molecule has 0 bridgehead atoms. The fraction of sp³-hybridized carbons (Fsp3) is 0.647. The summed E-state index contributed by atoms with van der Waals surface area (Å²) in [5, 5.41) is 3.39. The average molecular weight is 278 g/mol. The van der Waals surface area contributed by atoms with Gasteiger partial charge in [-0.15, -0.1) is 0 Å². The molecule has 112 valence electrons. The SMILES string of the molecule is CCCNCc1cccc(F)c1N(CCC)CC1CC1. The molecule has 1 saturated carbocycles. The summed E-state index contributed by atoms with van der Waals surface area (Å²) in [6.07, 6.45) is 4.77. The minimum atomic E-state index is -0.0742. The van der Waals surface area contributed by atoms with Crippen LogP contribution in [-0.2, 0) is 6.54 Å². The molecular weight excluding hydrogens is 251 g/mol. The molecule has 0 saturated heterocycles. The van der Waals surface area contributed by atoms with E-state index in [1.165, 1.54) is 12.8 Å². The largest absolute Gasteiger partial charge is 0.369 e. The van der Waals surface area contributed by atoms with Gasteiger partial charge in [0.05, 0.1) is 5.69 Å². The van der Waals surface area contributed by atoms with Gasteiger partial charge < -0.3 is 10.2 Å². The van der Waals surface area contributed by atoms with Crippen LogP contribution in [-0.4, -0.2) is 19.6 Å². The van der Waals surface area contributed by atoms with Gasteiger partial charge in [-0.3, -0.25) is 0 Å². The smallest absolute Gasteiger partial charge is 0.146 e. The predicted molar refractivity (Wildman–Crippen MR) is 83.6 cm³/mol. The number of hydrogen-bond acceptors (Lipinski definition) is 2. The summed E-state index contributed by atoms with van der Waals surface area (Å²) in [7, 11) is 0. The first kappa shape index (κ1) is 15.3. The summed E-state index contributed by atoms with van der Waals surface area (Å²) in [5.41, 5.74) is 1.91. The molecule has 0 radical (unpaired) electrons. The summed E-state index contributed by atoms with van der Waals surface area (Å²) >= 11 is 0. The zero-order valence-electron chi connectivity index (χ0n) is 12.8. The average Bonchev–Trinajstić information content (AvgIpc) is 3.23. The Morgan fingerprint density at radius 2 is 2.05 bits per heavy atom. The molecule has 0 atom stereocenters. The van der Waals surface area contributed by atoms with E-state index in [4.69, 9.17) is 0 Å². The van der Waals surface area contributed by atoms with Crippen molar-refractivity contribution < 1.29 is 4.39 Å². The second-order valence-electron chi connectivity index (χ2n) is 5.81. The molecule has 3 heteroatoms. The number of nitrogens with zero attached hydrogens (tertiary/aromatic N) is 1. The number of rotatable bonds is 9. The number of anilines is 1. The Balaban J connectivity index is 2.16. The fourth-order valence-electron chi connectivity index (χ4n) is 2.63. The van der Waals surface area contributed by atoms with E-state index in [2.05, 4.69) is 30.1 Å². The molecule has 0 aliphatic heterocycles. The van der Waals surface area contributed by atoms with Gasteiger partial charge in [0.2, 0.25) is 0 Å². The lowest BCUT2D eigenvalue weighted by Crippen LogP contribution is -2.29. The monoisotopic (exact) mass is 278 g/mol. The Kier molecular flexibility index (Phi) is 5.84. The molecule has 0 unspecified atom stereocenters. The van der Waals surface area contributed by atoms with Crippen molar-refractivity contribution in [1.29, 1.82) is 0 Å². The highest BCUT2D eigenvalue weighted by molar-refractivity contribution is 5.55. The highest BCUT2D eigenvalue weighted by atomic mass is 19.1. The van der Waals surface area contributed by atoms with Crippen molar-refractivity contribution in [2.45, 2.75) is 46.1 Å². The van der Waals surface area contributed by atoms with Gasteiger partial charge in [-0.2, -0.15) is 0 Å². The zero-order valence-corrected chi connectivity index (χ0v) is 12.8. The van der Waals surface area contributed by atoms with Gasteiger partial charge in [-0.05, 0) is 49.8 Å². The zero-order chi connectivity index (χ0) is 14.4. The highest BCUT2D eigenvalue weighted by Gasteiger charge is 2.26. The molecule has 20 heavy (non-hydrogen) atoms. The van der Waals surface area contributed by atoms with Crippen molar-refractivity contribution in [3.63, 3.8) is 0 Å². The second kappa shape index (κ2) is 7.63. The minimum absolute atomic E-state index is 0.0742. The van der Waals surface area contributed by atoms with Crippen molar-refractivity contribution in [2.75, 3.05) is 24.5 Å². The summed E-state index contributed by atoms with van der Waals surface area (Å²) in [5.74, 6) is 0.701. The van der Waals surface area contributed by atoms with Crippen molar-refractivity contribution in [2.24, 2.45) is 5.92 Å². The summed E-state index contributed by atoms with van der Waals surface area (Å²) < 4.78 is 14.3. The van der Waals surface area contributed by atoms with E-state index >= 15 is 0 Å². The van der Waals surface area contributed by atoms with Crippen molar-refractivity contribution in [3.05, 3.63) is 29.6 Å². The lowest BCUT2D eigenvalue weighted by molar-refractivity contribution is 0.599. The van der Waals surface area contributed by atoms with Gasteiger partial charge in [0, 0.05) is 19.6 Å². The minimum Gasteiger partial charge on any atom is -0.369 e. The normalized spacial score (nSPS) is 14.6. The van der Waals surface area contributed by atoms with Crippen LogP contribution in [0.1, 0.15) is 45.1 Å². The number of para-hydroxylation sites is 1. The molecule has 1 aromatic rings. The molecule has 1 aliphatic carbocycles. The van der Waals surface area contributed by atoms with Crippen LogP contribution in [0.3, 0.4) is 0 Å². The highest BCUT2D eigenvalue weighted by Crippen LogP contribution is 2.33.